The van der Waals surface area contributed by atoms with Crippen molar-refractivity contribution < 1.29 is 9.72 Å². The number of non-ortho nitro benzene ring substituents is 1. The Morgan fingerprint density at radius 3 is 2.84 bits per heavy atom. The fraction of sp³-hybridized carbons (Fsp3) is 0.500. The maximum absolute atomic E-state index is 10.9. The molecule has 2 rings (SSSR count). The molecule has 102 valence electrons. The first-order valence-electron chi connectivity index (χ1n) is 6.43. The highest BCUT2D eigenvalue weighted by atomic mass is 16.6. The van der Waals surface area contributed by atoms with Crippen molar-refractivity contribution >= 4 is 17.7 Å². The molecule has 0 unspecified atom stereocenters. The van der Waals surface area contributed by atoms with Gasteiger partial charge in [0.05, 0.1) is 11.5 Å². The van der Waals surface area contributed by atoms with E-state index in [-0.39, 0.29) is 17.6 Å². The summed E-state index contributed by atoms with van der Waals surface area (Å²) < 4.78 is 0. The number of carbonyl (C=O) groups excluding carboxylic acids is 1. The molecule has 0 atom stereocenters. The second kappa shape index (κ2) is 4.99. The summed E-state index contributed by atoms with van der Waals surface area (Å²) in [6.45, 7) is 5.32. The van der Waals surface area contributed by atoms with Crippen molar-refractivity contribution in [2.24, 2.45) is 0 Å². The van der Waals surface area contributed by atoms with Crippen molar-refractivity contribution in [3.8, 4) is 0 Å². The zero-order chi connectivity index (χ0) is 14.0. The third-order valence-corrected chi connectivity index (χ3v) is 3.79. The molecule has 0 bridgehead atoms. The van der Waals surface area contributed by atoms with Gasteiger partial charge in [0.2, 0.25) is 0 Å². The number of nitrogens with zero attached hydrogens (tertiary/aromatic N) is 2. The molecule has 0 spiro atoms. The third-order valence-electron chi connectivity index (χ3n) is 3.79. The number of anilines is 1. The maximum Gasteiger partial charge on any atom is 0.271 e. The Bertz CT molecular complexity index is 511. The fourth-order valence-corrected chi connectivity index (χ4v) is 2.71. The lowest BCUT2D eigenvalue weighted by Crippen LogP contribution is -2.26. The molecule has 0 saturated carbocycles. The average Bonchev–Trinajstić information content (AvgIpc) is 2.47. The Labute approximate surface area is 112 Å². The molecule has 5 heteroatoms. The van der Waals surface area contributed by atoms with Gasteiger partial charge in [-0.15, -0.1) is 0 Å². The number of nitro benzene ring substituents is 1. The van der Waals surface area contributed by atoms with Crippen molar-refractivity contribution in [1.82, 2.24) is 0 Å². The van der Waals surface area contributed by atoms with Gasteiger partial charge in [-0.1, -0.05) is 13.8 Å². The van der Waals surface area contributed by atoms with Crippen LogP contribution in [0, 0.1) is 10.1 Å². The summed E-state index contributed by atoms with van der Waals surface area (Å²) in [7, 11) is 0. The van der Waals surface area contributed by atoms with Crippen LogP contribution in [0.3, 0.4) is 0 Å². The predicted octanol–water partition coefficient (Wildman–Crippen LogP) is 2.67. The van der Waals surface area contributed by atoms with E-state index in [4.69, 9.17) is 0 Å². The highest BCUT2D eigenvalue weighted by Gasteiger charge is 2.30. The summed E-state index contributed by atoms with van der Waals surface area (Å²) in [6.07, 6.45) is 2.83. The summed E-state index contributed by atoms with van der Waals surface area (Å²) in [6, 6.07) is 4.97. The zero-order valence-electron chi connectivity index (χ0n) is 11.3. The molecular weight excluding hydrogens is 244 g/mol. The van der Waals surface area contributed by atoms with Gasteiger partial charge < -0.3 is 9.69 Å². The topological polar surface area (TPSA) is 63.5 Å². The van der Waals surface area contributed by atoms with Crippen LogP contribution >= 0.6 is 0 Å². The number of rotatable bonds is 3. The summed E-state index contributed by atoms with van der Waals surface area (Å²) in [5.74, 6) is 0. The summed E-state index contributed by atoms with van der Waals surface area (Å²) in [5.41, 5.74) is 1.95. The van der Waals surface area contributed by atoms with Gasteiger partial charge in [0.1, 0.15) is 6.29 Å². The summed E-state index contributed by atoms with van der Waals surface area (Å²) >= 11 is 0. The van der Waals surface area contributed by atoms with E-state index in [2.05, 4.69) is 13.8 Å². The van der Waals surface area contributed by atoms with E-state index in [1.165, 1.54) is 0 Å². The standard InChI is InChI=1S/C14H18N2O3/c1-14(2)6-3-7-15(8-9-17)13-10-11(16(18)19)4-5-12(13)14/h4-5,9-10H,3,6-8H2,1-2H3. The van der Waals surface area contributed by atoms with Crippen LogP contribution in [0.1, 0.15) is 32.3 Å². The van der Waals surface area contributed by atoms with E-state index >= 15 is 0 Å². The number of fused-ring (bicyclic) bond motifs is 1. The molecule has 1 aliphatic heterocycles. The van der Waals surface area contributed by atoms with Gasteiger partial charge in [-0.3, -0.25) is 10.1 Å². The smallest absolute Gasteiger partial charge is 0.271 e. The van der Waals surface area contributed by atoms with Crippen molar-refractivity contribution in [3.05, 3.63) is 33.9 Å². The molecule has 0 aromatic heterocycles. The Kier molecular flexibility index (Phi) is 3.55. The van der Waals surface area contributed by atoms with Crippen LogP contribution in [0.25, 0.3) is 0 Å². The van der Waals surface area contributed by atoms with E-state index in [9.17, 15) is 14.9 Å². The van der Waals surface area contributed by atoms with Crippen LogP contribution in [-0.4, -0.2) is 24.3 Å². The third kappa shape index (κ3) is 2.59. The fourth-order valence-electron chi connectivity index (χ4n) is 2.71. The van der Waals surface area contributed by atoms with Gasteiger partial charge in [0.15, 0.2) is 0 Å². The SMILES string of the molecule is CC1(C)CCCN(CC=O)c2cc([N+](=O)[O-])ccc21. The minimum atomic E-state index is -0.392. The van der Waals surface area contributed by atoms with Gasteiger partial charge >= 0.3 is 0 Å². The molecule has 0 N–H and O–H groups in total. The Hall–Kier alpha value is -1.91. The highest BCUT2D eigenvalue weighted by Crippen LogP contribution is 2.40. The minimum Gasteiger partial charge on any atom is -0.364 e. The molecule has 5 nitrogen and oxygen atoms in total. The first-order valence-corrected chi connectivity index (χ1v) is 6.43. The van der Waals surface area contributed by atoms with Crippen LogP contribution in [0.4, 0.5) is 11.4 Å². The molecule has 0 amide bonds. The predicted molar refractivity (Wildman–Crippen MR) is 73.6 cm³/mol. The number of hydrogen-bond acceptors (Lipinski definition) is 4. The molecule has 1 aliphatic rings. The van der Waals surface area contributed by atoms with Crippen LogP contribution in [0.15, 0.2) is 18.2 Å². The second-order valence-electron chi connectivity index (χ2n) is 5.56. The van der Waals surface area contributed by atoms with Crippen LogP contribution in [0.2, 0.25) is 0 Å². The second-order valence-corrected chi connectivity index (χ2v) is 5.56. The van der Waals surface area contributed by atoms with Crippen molar-refractivity contribution in [3.63, 3.8) is 0 Å². The normalized spacial score (nSPS) is 17.5. The molecule has 1 aromatic rings. The lowest BCUT2D eigenvalue weighted by Gasteiger charge is -2.27. The number of aldehydes is 1. The van der Waals surface area contributed by atoms with Crippen LogP contribution in [0.5, 0.6) is 0 Å². The first kappa shape index (κ1) is 13.5. The van der Waals surface area contributed by atoms with Crippen molar-refractivity contribution in [2.45, 2.75) is 32.1 Å². The summed E-state index contributed by atoms with van der Waals surface area (Å²) in [5, 5.41) is 10.9. The van der Waals surface area contributed by atoms with Crippen LogP contribution in [-0.2, 0) is 10.2 Å². The highest BCUT2D eigenvalue weighted by molar-refractivity contribution is 5.67. The van der Waals surface area contributed by atoms with Crippen LogP contribution < -0.4 is 4.90 Å². The van der Waals surface area contributed by atoms with Crippen molar-refractivity contribution in [2.75, 3.05) is 18.0 Å². The average molecular weight is 262 g/mol. The number of carbonyl (C=O) groups is 1. The molecule has 1 heterocycles. The number of benzene rings is 1. The number of nitro groups is 1. The molecule has 19 heavy (non-hydrogen) atoms. The van der Waals surface area contributed by atoms with Gasteiger partial charge in [-0.05, 0) is 29.9 Å². The van der Waals surface area contributed by atoms with E-state index in [1.54, 1.807) is 12.1 Å². The van der Waals surface area contributed by atoms with E-state index in [1.807, 2.05) is 11.0 Å². The number of hydrogen-bond donors (Lipinski definition) is 0. The monoisotopic (exact) mass is 262 g/mol. The lowest BCUT2D eigenvalue weighted by atomic mass is 9.80. The minimum absolute atomic E-state index is 0.0257. The Morgan fingerprint density at radius 2 is 2.21 bits per heavy atom. The molecular formula is C14H18N2O3. The van der Waals surface area contributed by atoms with Gasteiger partial charge in [0, 0.05) is 24.4 Å². The summed E-state index contributed by atoms with van der Waals surface area (Å²) in [4.78, 5) is 23.3. The Morgan fingerprint density at radius 1 is 1.47 bits per heavy atom. The van der Waals surface area contributed by atoms with Gasteiger partial charge in [0.25, 0.3) is 5.69 Å². The quantitative estimate of drug-likeness (QED) is 0.477. The molecule has 0 saturated heterocycles. The van der Waals surface area contributed by atoms with Gasteiger partial charge in [-0.2, -0.15) is 0 Å². The molecule has 1 aromatic carbocycles. The van der Waals surface area contributed by atoms with Gasteiger partial charge in [-0.25, -0.2) is 0 Å². The maximum atomic E-state index is 10.9. The zero-order valence-corrected chi connectivity index (χ0v) is 11.3. The lowest BCUT2D eigenvalue weighted by molar-refractivity contribution is -0.384. The van der Waals surface area contributed by atoms with E-state index in [0.717, 1.165) is 36.9 Å². The van der Waals surface area contributed by atoms with Crippen molar-refractivity contribution in [1.29, 1.82) is 0 Å². The largest absolute Gasteiger partial charge is 0.364 e. The molecule has 0 radical (unpaired) electrons. The molecule has 0 fully saturated rings. The Balaban J connectivity index is 2.56. The molecule has 0 aliphatic carbocycles. The van der Waals surface area contributed by atoms with E-state index < -0.39 is 4.92 Å². The first-order chi connectivity index (χ1) is 8.95. The van der Waals surface area contributed by atoms with E-state index in [0.29, 0.717) is 0 Å².